The molecular formula is C25H46O8. The van der Waals surface area contributed by atoms with Gasteiger partial charge in [0.1, 0.15) is 6.61 Å². The monoisotopic (exact) mass is 474 g/mol. The van der Waals surface area contributed by atoms with Crippen LogP contribution in [0.3, 0.4) is 0 Å². The minimum Gasteiger partial charge on any atom is -0.479 e. The molecule has 0 aromatic rings. The van der Waals surface area contributed by atoms with Gasteiger partial charge in [-0.25, -0.2) is 4.79 Å². The van der Waals surface area contributed by atoms with Gasteiger partial charge in [0.2, 0.25) is 0 Å². The minimum absolute atomic E-state index is 0.237. The highest BCUT2D eigenvalue weighted by atomic mass is 16.6. The van der Waals surface area contributed by atoms with Crippen molar-refractivity contribution in [3.05, 3.63) is 0 Å². The van der Waals surface area contributed by atoms with Crippen molar-refractivity contribution in [1.29, 1.82) is 0 Å². The third kappa shape index (κ3) is 20.7. The first-order valence-electron chi connectivity index (χ1n) is 12.8. The molecule has 0 radical (unpaired) electrons. The zero-order chi connectivity index (χ0) is 24.7. The normalized spacial score (nSPS) is 12.8. The molecule has 0 amide bonds. The van der Waals surface area contributed by atoms with Crippen LogP contribution in [0.15, 0.2) is 0 Å². The quantitative estimate of drug-likeness (QED) is 0.145. The number of esters is 2. The zero-order valence-electron chi connectivity index (χ0n) is 20.5. The summed E-state index contributed by atoms with van der Waals surface area (Å²) in [7, 11) is 0. The van der Waals surface area contributed by atoms with Gasteiger partial charge in [-0.15, -0.1) is 0 Å². The molecule has 8 nitrogen and oxygen atoms in total. The summed E-state index contributed by atoms with van der Waals surface area (Å²) in [6.45, 7) is 1.35. The van der Waals surface area contributed by atoms with Crippen LogP contribution >= 0.6 is 0 Å². The maximum Gasteiger partial charge on any atom is 0.333 e. The SMILES string of the molecule is CCCCCCCCCCCCCCCCCC(=O)OC(CO)COC(=O)CC(O)C(=O)O. The molecule has 0 heterocycles. The fraction of sp³-hybridized carbons (Fsp3) is 0.880. The van der Waals surface area contributed by atoms with E-state index < -0.39 is 43.1 Å². The van der Waals surface area contributed by atoms with Crippen LogP contribution in [0.25, 0.3) is 0 Å². The summed E-state index contributed by atoms with van der Waals surface area (Å²) in [5.74, 6) is -2.94. The van der Waals surface area contributed by atoms with Gasteiger partial charge in [0, 0.05) is 6.42 Å². The van der Waals surface area contributed by atoms with Gasteiger partial charge >= 0.3 is 17.9 Å². The first kappa shape index (κ1) is 31.3. The molecule has 0 aliphatic carbocycles. The molecule has 0 saturated heterocycles. The Kier molecular flexibility index (Phi) is 21.0. The van der Waals surface area contributed by atoms with Crippen LogP contribution in [0, 0.1) is 0 Å². The molecule has 0 fully saturated rings. The second-order valence-corrected chi connectivity index (χ2v) is 8.74. The van der Waals surface area contributed by atoms with E-state index in [2.05, 4.69) is 6.92 Å². The van der Waals surface area contributed by atoms with Gasteiger partial charge < -0.3 is 24.8 Å². The largest absolute Gasteiger partial charge is 0.479 e. The minimum atomic E-state index is -1.85. The summed E-state index contributed by atoms with van der Waals surface area (Å²) in [4.78, 5) is 33.8. The molecule has 8 heteroatoms. The third-order valence-electron chi connectivity index (χ3n) is 5.56. The van der Waals surface area contributed by atoms with Crippen molar-refractivity contribution in [1.82, 2.24) is 0 Å². The standard InChI is InChI=1S/C25H46O8/c1-2-3-4-5-6-7-8-9-10-11-12-13-14-15-16-17-23(28)33-21(19-26)20-32-24(29)18-22(27)25(30)31/h21-22,26-27H,2-20H2,1H3,(H,30,31). The number of unbranched alkanes of at least 4 members (excludes halogenated alkanes) is 14. The van der Waals surface area contributed by atoms with E-state index >= 15 is 0 Å². The number of carbonyl (C=O) groups is 3. The van der Waals surface area contributed by atoms with Crippen LogP contribution in [0.4, 0.5) is 0 Å². The summed E-state index contributed by atoms with van der Waals surface area (Å²) in [5, 5.41) is 26.9. The Balaban J connectivity index is 3.57. The molecule has 0 rings (SSSR count). The molecule has 33 heavy (non-hydrogen) atoms. The topological polar surface area (TPSA) is 130 Å². The predicted molar refractivity (Wildman–Crippen MR) is 126 cm³/mol. The Morgan fingerprint density at radius 1 is 0.727 bits per heavy atom. The average molecular weight is 475 g/mol. The fourth-order valence-corrected chi connectivity index (χ4v) is 3.50. The van der Waals surface area contributed by atoms with Gasteiger partial charge in [0.05, 0.1) is 13.0 Å². The Morgan fingerprint density at radius 2 is 1.18 bits per heavy atom. The van der Waals surface area contributed by atoms with E-state index in [0.29, 0.717) is 6.42 Å². The highest BCUT2D eigenvalue weighted by Crippen LogP contribution is 2.14. The molecule has 0 saturated carbocycles. The molecule has 3 N–H and O–H groups in total. The fourth-order valence-electron chi connectivity index (χ4n) is 3.50. The van der Waals surface area contributed by atoms with Crippen LogP contribution < -0.4 is 0 Å². The van der Waals surface area contributed by atoms with E-state index in [1.807, 2.05) is 0 Å². The van der Waals surface area contributed by atoms with E-state index in [9.17, 15) is 19.5 Å². The van der Waals surface area contributed by atoms with Crippen LogP contribution in [-0.4, -0.2) is 58.6 Å². The van der Waals surface area contributed by atoms with E-state index in [1.165, 1.54) is 77.0 Å². The zero-order valence-corrected chi connectivity index (χ0v) is 20.5. The molecule has 2 unspecified atom stereocenters. The van der Waals surface area contributed by atoms with Gasteiger partial charge in [-0.05, 0) is 6.42 Å². The Hall–Kier alpha value is -1.67. The lowest BCUT2D eigenvalue weighted by molar-refractivity contribution is -0.164. The van der Waals surface area contributed by atoms with Crippen molar-refractivity contribution in [2.75, 3.05) is 13.2 Å². The molecule has 0 aromatic carbocycles. The van der Waals surface area contributed by atoms with Crippen molar-refractivity contribution < 1.29 is 39.2 Å². The number of hydrogen-bond donors (Lipinski definition) is 3. The van der Waals surface area contributed by atoms with Gasteiger partial charge in [-0.2, -0.15) is 0 Å². The van der Waals surface area contributed by atoms with Crippen molar-refractivity contribution in [2.45, 2.75) is 128 Å². The summed E-state index contributed by atoms with van der Waals surface area (Å²) in [6, 6.07) is 0. The van der Waals surface area contributed by atoms with Gasteiger partial charge in [0.15, 0.2) is 12.2 Å². The van der Waals surface area contributed by atoms with E-state index in [4.69, 9.17) is 19.7 Å². The van der Waals surface area contributed by atoms with Crippen molar-refractivity contribution >= 4 is 17.9 Å². The van der Waals surface area contributed by atoms with Crippen molar-refractivity contribution in [3.63, 3.8) is 0 Å². The molecule has 194 valence electrons. The predicted octanol–water partition coefficient (Wildman–Crippen LogP) is 4.53. The summed E-state index contributed by atoms with van der Waals surface area (Å²) >= 11 is 0. The lowest BCUT2D eigenvalue weighted by atomic mass is 10.0. The molecule has 2 atom stereocenters. The molecule has 0 bridgehead atoms. The molecule has 0 aromatic heterocycles. The molecule has 0 spiro atoms. The van der Waals surface area contributed by atoms with Gasteiger partial charge in [0.25, 0.3) is 0 Å². The van der Waals surface area contributed by atoms with Crippen LogP contribution in [0.1, 0.15) is 116 Å². The molecule has 0 aliphatic rings. The van der Waals surface area contributed by atoms with E-state index in [-0.39, 0.29) is 13.0 Å². The number of ether oxygens (including phenoxy) is 2. The molecular weight excluding hydrogens is 428 g/mol. The molecule has 0 aliphatic heterocycles. The number of aliphatic hydroxyl groups is 2. The summed E-state index contributed by atoms with van der Waals surface area (Å²) < 4.78 is 9.82. The van der Waals surface area contributed by atoms with Crippen LogP contribution in [-0.2, 0) is 23.9 Å². The number of aliphatic carboxylic acids is 1. The van der Waals surface area contributed by atoms with Gasteiger partial charge in [-0.3, -0.25) is 9.59 Å². The number of carboxylic acids is 1. The highest BCUT2D eigenvalue weighted by molar-refractivity contribution is 5.80. The number of aliphatic hydroxyl groups excluding tert-OH is 2. The first-order chi connectivity index (χ1) is 15.9. The highest BCUT2D eigenvalue weighted by Gasteiger charge is 2.21. The number of hydrogen-bond acceptors (Lipinski definition) is 7. The maximum absolute atomic E-state index is 11.9. The lowest BCUT2D eigenvalue weighted by Gasteiger charge is -2.16. The third-order valence-corrected chi connectivity index (χ3v) is 5.56. The average Bonchev–Trinajstić information content (AvgIpc) is 2.79. The maximum atomic E-state index is 11.9. The first-order valence-corrected chi connectivity index (χ1v) is 12.8. The van der Waals surface area contributed by atoms with Crippen LogP contribution in [0.5, 0.6) is 0 Å². The Morgan fingerprint density at radius 3 is 1.61 bits per heavy atom. The lowest BCUT2D eigenvalue weighted by Crippen LogP contribution is -2.30. The van der Waals surface area contributed by atoms with E-state index in [1.54, 1.807) is 0 Å². The summed E-state index contributed by atoms with van der Waals surface area (Å²) in [6.07, 6.45) is 15.3. The second kappa shape index (κ2) is 22.1. The summed E-state index contributed by atoms with van der Waals surface area (Å²) in [5.41, 5.74) is 0. The van der Waals surface area contributed by atoms with E-state index in [0.717, 1.165) is 12.8 Å². The smallest absolute Gasteiger partial charge is 0.333 e. The van der Waals surface area contributed by atoms with Crippen molar-refractivity contribution in [3.8, 4) is 0 Å². The number of rotatable bonds is 23. The van der Waals surface area contributed by atoms with Gasteiger partial charge in [-0.1, -0.05) is 96.8 Å². The number of carbonyl (C=O) groups excluding carboxylic acids is 2. The van der Waals surface area contributed by atoms with Crippen molar-refractivity contribution in [2.24, 2.45) is 0 Å². The van der Waals surface area contributed by atoms with Crippen LogP contribution in [0.2, 0.25) is 0 Å². The number of carboxylic acid groups (broad SMARTS) is 1. The Bertz CT molecular complexity index is 509. The second-order valence-electron chi connectivity index (χ2n) is 8.74. The Labute approximate surface area is 199 Å².